The molecule has 0 saturated carbocycles. The van der Waals surface area contributed by atoms with Crippen LogP contribution in [0.3, 0.4) is 0 Å². The van der Waals surface area contributed by atoms with Gasteiger partial charge in [0.25, 0.3) is 0 Å². The highest BCUT2D eigenvalue weighted by Gasteiger charge is 2.39. The molecular weight excluding hydrogens is 749 g/mol. The molecule has 288 valence electrons. The fraction of sp³-hybridized carbons (Fsp3) is 0.0175. The zero-order valence-electron chi connectivity index (χ0n) is 32.9. The average molecular weight is 785 g/mol. The second kappa shape index (κ2) is 14.0. The monoisotopic (exact) mass is 784 g/mol. The van der Waals surface area contributed by atoms with Gasteiger partial charge >= 0.3 is 0 Å². The van der Waals surface area contributed by atoms with Crippen LogP contribution in [-0.4, -0.2) is 0 Å². The molecule has 0 atom stereocenters. The summed E-state index contributed by atoms with van der Waals surface area (Å²) in [5.41, 5.74) is 11.2. The molecule has 0 spiro atoms. The van der Waals surface area contributed by atoms with Crippen LogP contribution in [-0.2, 0) is 5.41 Å². The molecule has 0 aliphatic heterocycles. The van der Waals surface area contributed by atoms with Crippen molar-refractivity contribution in [2.75, 3.05) is 0 Å². The Morgan fingerprint density at radius 2 is 0.443 bits per heavy atom. The number of benzene rings is 8. The quantitative estimate of drug-likeness (QED) is 0.144. The standard InChI is InChI=1S/C57H36O4/c1-5-13-49-41(9-1)33-53(58-49)37-17-25-45(26-18-37)57(46-27-19-38(20-28-46)54-34-42-10-2-6-14-50(42)59-54,47-29-21-39(22-30-47)55-35-43-11-3-7-15-51(43)60-55)48-31-23-40(24-32-48)56-36-44-12-4-8-16-52(44)61-56/h1-36H. The molecule has 0 amide bonds. The minimum absolute atomic E-state index is 0.752. The molecule has 0 aliphatic rings. The Hall–Kier alpha value is -8.08. The van der Waals surface area contributed by atoms with Crippen LogP contribution >= 0.6 is 0 Å². The van der Waals surface area contributed by atoms with Crippen molar-refractivity contribution in [2.24, 2.45) is 0 Å². The maximum absolute atomic E-state index is 6.34. The van der Waals surface area contributed by atoms with E-state index in [1.807, 2.05) is 72.8 Å². The molecule has 8 aromatic carbocycles. The largest absolute Gasteiger partial charge is 0.456 e. The SMILES string of the molecule is c1ccc2oc(-c3ccc(C(c4ccc(-c5cc6ccccc6o5)cc4)(c4ccc(-c5cc6ccccc6o5)cc4)c4ccc(-c5cc6ccccc6o5)cc4)cc3)cc2c1. The highest BCUT2D eigenvalue weighted by molar-refractivity contribution is 5.86. The maximum Gasteiger partial charge on any atom is 0.135 e. The summed E-state index contributed by atoms with van der Waals surface area (Å²) in [6, 6.07) is 76.4. The van der Waals surface area contributed by atoms with E-state index in [4.69, 9.17) is 17.7 Å². The Balaban J connectivity index is 1.05. The zero-order chi connectivity index (χ0) is 40.3. The van der Waals surface area contributed by atoms with E-state index >= 15 is 0 Å². The predicted molar refractivity (Wildman–Crippen MR) is 246 cm³/mol. The van der Waals surface area contributed by atoms with Crippen LogP contribution in [0.1, 0.15) is 22.3 Å². The second-order valence-corrected chi connectivity index (χ2v) is 15.7. The molecule has 0 radical (unpaired) electrons. The van der Waals surface area contributed by atoms with E-state index in [0.717, 1.165) is 111 Å². The summed E-state index contributed by atoms with van der Waals surface area (Å²) in [5.74, 6) is 3.33. The van der Waals surface area contributed by atoms with Crippen LogP contribution in [0.5, 0.6) is 0 Å². The zero-order valence-corrected chi connectivity index (χ0v) is 32.9. The smallest absolute Gasteiger partial charge is 0.135 e. The van der Waals surface area contributed by atoms with Crippen molar-refractivity contribution in [1.29, 1.82) is 0 Å². The fourth-order valence-corrected chi connectivity index (χ4v) is 9.03. The molecular formula is C57H36O4. The number of furan rings is 4. The highest BCUT2D eigenvalue weighted by Crippen LogP contribution is 2.47. The van der Waals surface area contributed by atoms with E-state index in [2.05, 4.69) is 146 Å². The molecule has 4 aromatic heterocycles. The van der Waals surface area contributed by atoms with Crippen molar-refractivity contribution in [3.63, 3.8) is 0 Å². The molecule has 0 fully saturated rings. The van der Waals surface area contributed by atoms with E-state index in [9.17, 15) is 0 Å². The summed E-state index contributed by atoms with van der Waals surface area (Å²) < 4.78 is 25.4. The molecule has 0 bridgehead atoms. The number of fused-ring (bicyclic) bond motifs is 4. The summed E-state index contributed by atoms with van der Waals surface area (Å²) >= 11 is 0. The van der Waals surface area contributed by atoms with Crippen molar-refractivity contribution in [3.8, 4) is 45.3 Å². The van der Waals surface area contributed by atoms with E-state index in [0.29, 0.717) is 0 Å². The van der Waals surface area contributed by atoms with Crippen LogP contribution in [0.4, 0.5) is 0 Å². The van der Waals surface area contributed by atoms with Gasteiger partial charge in [0, 0.05) is 43.8 Å². The van der Waals surface area contributed by atoms with Gasteiger partial charge in [-0.05, 0) is 70.8 Å². The molecule has 12 rings (SSSR count). The molecule has 0 unspecified atom stereocenters. The van der Waals surface area contributed by atoms with Gasteiger partial charge in [-0.3, -0.25) is 0 Å². The molecule has 0 N–H and O–H groups in total. The Morgan fingerprint density at radius 1 is 0.230 bits per heavy atom. The van der Waals surface area contributed by atoms with Crippen LogP contribution in [0.2, 0.25) is 0 Å². The molecule has 0 saturated heterocycles. The van der Waals surface area contributed by atoms with Gasteiger partial charge in [-0.2, -0.15) is 0 Å². The van der Waals surface area contributed by atoms with Crippen molar-refractivity contribution in [1.82, 2.24) is 0 Å². The number of para-hydroxylation sites is 4. The Kier molecular flexibility index (Phi) is 8.04. The first-order valence-corrected chi connectivity index (χ1v) is 20.5. The Morgan fingerprint density at radius 3 is 0.656 bits per heavy atom. The lowest BCUT2D eigenvalue weighted by molar-refractivity contribution is 0.631. The lowest BCUT2D eigenvalue weighted by Gasteiger charge is -2.37. The van der Waals surface area contributed by atoms with Gasteiger partial charge in [0.1, 0.15) is 45.4 Å². The highest BCUT2D eigenvalue weighted by atomic mass is 16.3. The van der Waals surface area contributed by atoms with Crippen molar-refractivity contribution in [3.05, 3.63) is 241 Å². The molecule has 4 heteroatoms. The third kappa shape index (κ3) is 5.91. The number of hydrogen-bond acceptors (Lipinski definition) is 4. The van der Waals surface area contributed by atoms with E-state index in [1.165, 1.54) is 0 Å². The third-order valence-corrected chi connectivity index (χ3v) is 12.1. The average Bonchev–Trinajstić information content (AvgIpc) is 4.15. The molecule has 4 heterocycles. The normalized spacial score (nSPS) is 11.9. The first kappa shape index (κ1) is 34.9. The van der Waals surface area contributed by atoms with Gasteiger partial charge in [-0.1, -0.05) is 170 Å². The van der Waals surface area contributed by atoms with E-state index in [-0.39, 0.29) is 0 Å². The van der Waals surface area contributed by atoms with Gasteiger partial charge in [0.2, 0.25) is 0 Å². The van der Waals surface area contributed by atoms with Crippen LogP contribution < -0.4 is 0 Å². The fourth-order valence-electron chi connectivity index (χ4n) is 9.03. The number of rotatable bonds is 8. The van der Waals surface area contributed by atoms with Crippen LogP contribution in [0.25, 0.3) is 89.2 Å². The topological polar surface area (TPSA) is 52.6 Å². The summed E-state index contributed by atoms with van der Waals surface area (Å²) in [6.45, 7) is 0. The predicted octanol–water partition coefficient (Wildman–Crippen LogP) is 15.7. The van der Waals surface area contributed by atoms with Crippen molar-refractivity contribution >= 4 is 43.9 Å². The number of hydrogen-bond donors (Lipinski definition) is 0. The first-order chi connectivity index (χ1) is 30.2. The van der Waals surface area contributed by atoms with Gasteiger partial charge in [0.15, 0.2) is 0 Å². The van der Waals surface area contributed by atoms with E-state index in [1.54, 1.807) is 0 Å². The Labute approximate surface area is 351 Å². The summed E-state index contributed by atoms with van der Waals surface area (Å²) in [5, 5.41) is 4.31. The molecule has 4 nitrogen and oxygen atoms in total. The Bertz CT molecular complexity index is 2890. The van der Waals surface area contributed by atoms with Gasteiger partial charge in [0.05, 0.1) is 5.41 Å². The van der Waals surface area contributed by atoms with Crippen molar-refractivity contribution in [2.45, 2.75) is 5.41 Å². The lowest BCUT2D eigenvalue weighted by Crippen LogP contribution is -2.31. The third-order valence-electron chi connectivity index (χ3n) is 12.1. The molecule has 12 aromatic rings. The van der Waals surface area contributed by atoms with Crippen LogP contribution in [0, 0.1) is 0 Å². The minimum Gasteiger partial charge on any atom is -0.456 e. The van der Waals surface area contributed by atoms with Gasteiger partial charge in [-0.25, -0.2) is 0 Å². The first-order valence-electron chi connectivity index (χ1n) is 20.5. The van der Waals surface area contributed by atoms with Crippen LogP contribution in [0.15, 0.2) is 236 Å². The van der Waals surface area contributed by atoms with E-state index < -0.39 is 5.41 Å². The summed E-state index contributed by atoms with van der Waals surface area (Å²) in [4.78, 5) is 0. The second-order valence-electron chi connectivity index (χ2n) is 15.7. The molecule has 0 aliphatic carbocycles. The summed E-state index contributed by atoms with van der Waals surface area (Å²) in [6.07, 6.45) is 0. The van der Waals surface area contributed by atoms with Crippen molar-refractivity contribution < 1.29 is 17.7 Å². The van der Waals surface area contributed by atoms with Gasteiger partial charge in [-0.15, -0.1) is 0 Å². The molecule has 61 heavy (non-hydrogen) atoms. The lowest BCUT2D eigenvalue weighted by atomic mass is 9.64. The maximum atomic E-state index is 6.34. The minimum atomic E-state index is -0.752. The summed E-state index contributed by atoms with van der Waals surface area (Å²) in [7, 11) is 0. The van der Waals surface area contributed by atoms with Gasteiger partial charge < -0.3 is 17.7 Å².